The normalized spacial score (nSPS) is 12.1. The molecule has 1 N–H and O–H groups in total. The Hall–Kier alpha value is -0.960. The first-order chi connectivity index (χ1) is 7.47. The number of nitrogens with one attached hydrogen (secondary N) is 1. The fraction of sp³-hybridized carbons (Fsp3) is 0.538. The number of hydrogen-bond donors (Lipinski definition) is 1. The van der Waals surface area contributed by atoms with Crippen molar-refractivity contribution in [3.8, 4) is 0 Å². The topological polar surface area (TPSA) is 12.0 Å². The van der Waals surface area contributed by atoms with Crippen molar-refractivity contribution >= 4 is 0 Å². The molecule has 16 heavy (non-hydrogen) atoms. The quantitative estimate of drug-likeness (QED) is 0.811. The van der Waals surface area contributed by atoms with Crippen LogP contribution in [0.3, 0.4) is 0 Å². The Morgan fingerprint density at radius 1 is 1.19 bits per heavy atom. The molecule has 0 radical (unpaired) electrons. The predicted molar refractivity (Wildman–Crippen MR) is 63.0 cm³/mol. The molecule has 0 bridgehead atoms. The summed E-state index contributed by atoms with van der Waals surface area (Å²) < 4.78 is 27.3. The first kappa shape index (κ1) is 13.1. The Morgan fingerprint density at radius 2 is 1.75 bits per heavy atom. The first-order valence-corrected chi connectivity index (χ1v) is 5.60. The van der Waals surface area contributed by atoms with Crippen LogP contribution in [0.5, 0.6) is 0 Å². The van der Waals surface area contributed by atoms with E-state index in [1.54, 1.807) is 19.2 Å². The maximum Gasteiger partial charge on any atom is 0.274 e. The number of benzene rings is 1. The standard InChI is InChI=1S/C13H19F2N/c1-10(2)11-4-6-12(7-5-11)13(14,15)8-9-16-3/h4-7,10,16H,8-9H2,1-3H3. The molecule has 0 fully saturated rings. The zero-order valence-corrected chi connectivity index (χ0v) is 10.1. The van der Waals surface area contributed by atoms with Crippen molar-refractivity contribution in [3.05, 3.63) is 35.4 Å². The van der Waals surface area contributed by atoms with Crippen molar-refractivity contribution in [2.24, 2.45) is 0 Å². The molecule has 0 aliphatic carbocycles. The third-order valence-corrected chi connectivity index (χ3v) is 2.69. The highest BCUT2D eigenvalue weighted by Gasteiger charge is 2.30. The van der Waals surface area contributed by atoms with E-state index in [1.165, 1.54) is 12.1 Å². The van der Waals surface area contributed by atoms with Crippen molar-refractivity contribution in [2.45, 2.75) is 32.1 Å². The van der Waals surface area contributed by atoms with E-state index in [0.717, 1.165) is 5.56 Å². The highest BCUT2D eigenvalue weighted by Crippen LogP contribution is 2.31. The van der Waals surface area contributed by atoms with Crippen LogP contribution in [0.1, 0.15) is 37.3 Å². The van der Waals surface area contributed by atoms with Gasteiger partial charge in [-0.2, -0.15) is 0 Å². The average molecular weight is 227 g/mol. The minimum absolute atomic E-state index is 0.104. The molecule has 0 aromatic heterocycles. The van der Waals surface area contributed by atoms with Gasteiger partial charge in [0.05, 0.1) is 0 Å². The van der Waals surface area contributed by atoms with Crippen LogP contribution in [0.2, 0.25) is 0 Å². The van der Waals surface area contributed by atoms with E-state index < -0.39 is 5.92 Å². The third-order valence-electron chi connectivity index (χ3n) is 2.69. The summed E-state index contributed by atoms with van der Waals surface area (Å²) in [5.74, 6) is -2.36. The molecule has 0 atom stereocenters. The van der Waals surface area contributed by atoms with Crippen molar-refractivity contribution in [3.63, 3.8) is 0 Å². The lowest BCUT2D eigenvalue weighted by molar-refractivity contribution is -0.0123. The maximum atomic E-state index is 13.6. The SMILES string of the molecule is CNCCC(F)(F)c1ccc(C(C)C)cc1. The first-order valence-electron chi connectivity index (χ1n) is 5.60. The van der Waals surface area contributed by atoms with Crippen LogP contribution in [-0.2, 0) is 5.92 Å². The zero-order chi connectivity index (χ0) is 12.2. The molecule has 0 heterocycles. The second-order valence-corrected chi connectivity index (χ2v) is 4.33. The molecule has 1 aromatic rings. The van der Waals surface area contributed by atoms with Crippen molar-refractivity contribution in [2.75, 3.05) is 13.6 Å². The number of rotatable bonds is 5. The largest absolute Gasteiger partial charge is 0.320 e. The van der Waals surface area contributed by atoms with E-state index in [1.807, 2.05) is 13.8 Å². The van der Waals surface area contributed by atoms with Crippen molar-refractivity contribution in [1.82, 2.24) is 5.32 Å². The van der Waals surface area contributed by atoms with Gasteiger partial charge in [-0.05, 0) is 18.5 Å². The molecule has 1 nitrogen and oxygen atoms in total. The molecule has 1 rings (SSSR count). The van der Waals surface area contributed by atoms with E-state index in [9.17, 15) is 8.78 Å². The number of alkyl halides is 2. The molecular formula is C13H19F2N. The highest BCUT2D eigenvalue weighted by molar-refractivity contribution is 5.27. The average Bonchev–Trinajstić information content (AvgIpc) is 2.26. The molecule has 0 aliphatic heterocycles. The monoisotopic (exact) mass is 227 g/mol. The van der Waals surface area contributed by atoms with Crippen molar-refractivity contribution < 1.29 is 8.78 Å². The van der Waals surface area contributed by atoms with E-state index >= 15 is 0 Å². The Kier molecular flexibility index (Phi) is 4.42. The third kappa shape index (κ3) is 3.27. The summed E-state index contributed by atoms with van der Waals surface area (Å²) in [6, 6.07) is 6.64. The fourth-order valence-corrected chi connectivity index (χ4v) is 1.54. The van der Waals surface area contributed by atoms with Gasteiger partial charge in [-0.3, -0.25) is 0 Å². The molecule has 0 amide bonds. The maximum absolute atomic E-state index is 13.6. The van der Waals surface area contributed by atoms with Crippen molar-refractivity contribution in [1.29, 1.82) is 0 Å². The Bertz CT molecular complexity index is 317. The molecule has 0 aliphatic rings. The Balaban J connectivity index is 2.79. The van der Waals surface area contributed by atoms with E-state index in [2.05, 4.69) is 5.32 Å². The van der Waals surface area contributed by atoms with Crippen LogP contribution < -0.4 is 5.32 Å². The van der Waals surface area contributed by atoms with Gasteiger partial charge in [0.15, 0.2) is 0 Å². The van der Waals surface area contributed by atoms with Gasteiger partial charge in [0.25, 0.3) is 5.92 Å². The molecule has 0 saturated heterocycles. The summed E-state index contributed by atoms with van der Waals surface area (Å²) in [6.07, 6.45) is -0.162. The van der Waals surface area contributed by atoms with Crippen LogP contribution in [0.25, 0.3) is 0 Å². The van der Waals surface area contributed by atoms with Gasteiger partial charge in [0.1, 0.15) is 0 Å². The van der Waals surface area contributed by atoms with E-state index in [0.29, 0.717) is 12.5 Å². The molecule has 0 spiro atoms. The lowest BCUT2D eigenvalue weighted by atomic mass is 9.98. The van der Waals surface area contributed by atoms with Gasteiger partial charge < -0.3 is 5.32 Å². The van der Waals surface area contributed by atoms with Crippen LogP contribution >= 0.6 is 0 Å². The molecule has 3 heteroatoms. The summed E-state index contributed by atoms with van der Waals surface area (Å²) in [5.41, 5.74) is 1.19. The lowest BCUT2D eigenvalue weighted by Crippen LogP contribution is -2.20. The van der Waals surface area contributed by atoms with Crippen LogP contribution in [-0.4, -0.2) is 13.6 Å². The minimum Gasteiger partial charge on any atom is -0.320 e. The lowest BCUT2D eigenvalue weighted by Gasteiger charge is -2.17. The summed E-state index contributed by atoms with van der Waals surface area (Å²) in [4.78, 5) is 0. The van der Waals surface area contributed by atoms with Crippen LogP contribution in [0, 0.1) is 0 Å². The molecular weight excluding hydrogens is 208 g/mol. The molecule has 0 saturated carbocycles. The number of hydrogen-bond acceptors (Lipinski definition) is 1. The van der Waals surface area contributed by atoms with E-state index in [-0.39, 0.29) is 12.0 Å². The van der Waals surface area contributed by atoms with Gasteiger partial charge in [-0.25, -0.2) is 8.78 Å². The summed E-state index contributed by atoms with van der Waals surface area (Å²) in [5, 5.41) is 2.74. The fourth-order valence-electron chi connectivity index (χ4n) is 1.54. The molecule has 90 valence electrons. The summed E-state index contributed by atoms with van der Waals surface area (Å²) in [6.45, 7) is 4.42. The Morgan fingerprint density at radius 3 is 2.19 bits per heavy atom. The summed E-state index contributed by atoms with van der Waals surface area (Å²) in [7, 11) is 1.68. The van der Waals surface area contributed by atoms with Crippen LogP contribution in [0.4, 0.5) is 8.78 Å². The smallest absolute Gasteiger partial charge is 0.274 e. The molecule has 0 unspecified atom stereocenters. The van der Waals surface area contributed by atoms with Gasteiger partial charge >= 0.3 is 0 Å². The van der Waals surface area contributed by atoms with Gasteiger partial charge in [-0.15, -0.1) is 0 Å². The highest BCUT2D eigenvalue weighted by atomic mass is 19.3. The van der Waals surface area contributed by atoms with Gasteiger partial charge in [-0.1, -0.05) is 38.1 Å². The number of halogens is 2. The second-order valence-electron chi connectivity index (χ2n) is 4.33. The van der Waals surface area contributed by atoms with Gasteiger partial charge in [0, 0.05) is 18.5 Å². The molecule has 1 aromatic carbocycles. The van der Waals surface area contributed by atoms with Gasteiger partial charge in [0.2, 0.25) is 0 Å². The summed E-state index contributed by atoms with van der Waals surface area (Å²) >= 11 is 0. The zero-order valence-electron chi connectivity index (χ0n) is 10.1. The Labute approximate surface area is 95.9 Å². The van der Waals surface area contributed by atoms with Crippen LogP contribution in [0.15, 0.2) is 24.3 Å². The predicted octanol–water partition coefficient (Wildman–Crippen LogP) is 3.51. The van der Waals surface area contributed by atoms with E-state index in [4.69, 9.17) is 0 Å². The minimum atomic E-state index is -2.74. The second kappa shape index (κ2) is 5.39.